The zero-order chi connectivity index (χ0) is 13.7. The summed E-state index contributed by atoms with van der Waals surface area (Å²) in [4.78, 5) is 11.2. The Morgan fingerprint density at radius 3 is 2.61 bits per heavy atom. The van der Waals surface area contributed by atoms with Gasteiger partial charge in [-0.2, -0.15) is 0 Å². The van der Waals surface area contributed by atoms with Gasteiger partial charge in [-0.25, -0.2) is 0 Å². The van der Waals surface area contributed by atoms with Gasteiger partial charge < -0.3 is 14.8 Å². The largest absolute Gasteiger partial charge is 0.493 e. The van der Waals surface area contributed by atoms with Gasteiger partial charge in [0.1, 0.15) is 0 Å². The van der Waals surface area contributed by atoms with Crippen LogP contribution in [0.1, 0.15) is 12.5 Å². The van der Waals surface area contributed by atoms with Crippen molar-refractivity contribution < 1.29 is 14.3 Å². The summed E-state index contributed by atoms with van der Waals surface area (Å²) in [7, 11) is 3.06. The van der Waals surface area contributed by atoms with Crippen molar-refractivity contribution in [2.75, 3.05) is 14.2 Å². The van der Waals surface area contributed by atoms with Crippen molar-refractivity contribution in [1.82, 2.24) is 5.32 Å². The maximum Gasteiger partial charge on any atom is 0.233 e. The van der Waals surface area contributed by atoms with Gasteiger partial charge in [0.2, 0.25) is 5.91 Å². The number of carbonyl (C=O) groups is 1. The molecule has 0 bridgehead atoms. The van der Waals surface area contributed by atoms with E-state index in [1.165, 1.54) is 14.2 Å². The Morgan fingerprint density at radius 2 is 2.11 bits per heavy atom. The van der Waals surface area contributed by atoms with Gasteiger partial charge in [0, 0.05) is 6.54 Å². The second-order valence-electron chi connectivity index (χ2n) is 3.65. The van der Waals surface area contributed by atoms with Crippen molar-refractivity contribution in [2.45, 2.75) is 18.3 Å². The van der Waals surface area contributed by atoms with Crippen molar-refractivity contribution in [2.24, 2.45) is 0 Å². The minimum atomic E-state index is -0.229. The number of hydrogen-bond donors (Lipinski definition) is 1. The zero-order valence-corrected chi connectivity index (χ0v) is 12.8. The molecule has 1 amide bonds. The number of amides is 1. The Balaban J connectivity index is 2.85. The predicted molar refractivity (Wildman–Crippen MR) is 74.8 cm³/mol. The first-order chi connectivity index (χ1) is 8.49. The third kappa shape index (κ3) is 3.78. The Bertz CT molecular complexity index is 438. The van der Waals surface area contributed by atoms with Crippen molar-refractivity contribution in [3.8, 4) is 11.5 Å². The molecule has 1 aromatic carbocycles. The second-order valence-corrected chi connectivity index (χ2v) is 5.43. The van der Waals surface area contributed by atoms with Crippen LogP contribution in [-0.4, -0.2) is 25.0 Å². The summed E-state index contributed by atoms with van der Waals surface area (Å²) in [5, 5.41) is 3.23. The fourth-order valence-electron chi connectivity index (χ4n) is 1.40. The van der Waals surface area contributed by atoms with Crippen LogP contribution in [0.25, 0.3) is 0 Å². The number of rotatable bonds is 5. The third-order valence-corrected chi connectivity index (χ3v) is 3.02. The number of carbonyl (C=O) groups excluding carboxylic acids is 1. The van der Waals surface area contributed by atoms with Gasteiger partial charge in [-0.3, -0.25) is 4.79 Å². The molecule has 1 unspecified atom stereocenters. The highest BCUT2D eigenvalue weighted by atomic mass is 79.9. The van der Waals surface area contributed by atoms with Crippen molar-refractivity contribution in [3.63, 3.8) is 0 Å². The van der Waals surface area contributed by atoms with Gasteiger partial charge in [-0.05, 0) is 24.6 Å². The Morgan fingerprint density at radius 1 is 1.44 bits per heavy atom. The molecule has 0 aliphatic heterocycles. The molecule has 1 aromatic rings. The van der Waals surface area contributed by atoms with E-state index in [-0.39, 0.29) is 10.7 Å². The van der Waals surface area contributed by atoms with E-state index in [9.17, 15) is 4.79 Å². The van der Waals surface area contributed by atoms with E-state index in [4.69, 9.17) is 21.1 Å². The maximum atomic E-state index is 11.4. The molecule has 1 atom stereocenters. The van der Waals surface area contributed by atoms with Crippen LogP contribution in [0, 0.1) is 0 Å². The van der Waals surface area contributed by atoms with E-state index in [1.807, 2.05) is 0 Å². The average Bonchev–Trinajstić information content (AvgIpc) is 2.34. The highest BCUT2D eigenvalue weighted by Gasteiger charge is 2.12. The third-order valence-electron chi connectivity index (χ3n) is 2.32. The smallest absolute Gasteiger partial charge is 0.233 e. The topological polar surface area (TPSA) is 47.6 Å². The molecule has 0 radical (unpaired) electrons. The molecule has 0 saturated carbocycles. The quantitative estimate of drug-likeness (QED) is 0.841. The Hall–Kier alpha value is -0.940. The van der Waals surface area contributed by atoms with Crippen molar-refractivity contribution in [1.29, 1.82) is 0 Å². The molecule has 0 saturated heterocycles. The normalized spacial score (nSPS) is 11.8. The molecule has 4 nitrogen and oxygen atoms in total. The average molecular weight is 337 g/mol. The summed E-state index contributed by atoms with van der Waals surface area (Å²) in [6, 6.07) is 3.52. The molecule has 0 aromatic heterocycles. The molecule has 6 heteroatoms. The number of nitrogens with one attached hydrogen (secondary N) is 1. The Kier molecular flexibility index (Phi) is 5.75. The van der Waals surface area contributed by atoms with Gasteiger partial charge >= 0.3 is 0 Å². The summed E-state index contributed by atoms with van der Waals surface area (Å²) in [6.07, 6.45) is 0. The van der Waals surface area contributed by atoms with Crippen LogP contribution in [0.15, 0.2) is 12.1 Å². The van der Waals surface area contributed by atoms with Crippen molar-refractivity contribution in [3.05, 3.63) is 22.7 Å². The van der Waals surface area contributed by atoms with Crippen LogP contribution in [0.5, 0.6) is 11.5 Å². The van der Waals surface area contributed by atoms with Gasteiger partial charge in [0.25, 0.3) is 0 Å². The minimum absolute atomic E-state index is 0.0825. The fourth-order valence-corrected chi connectivity index (χ4v) is 1.88. The van der Waals surface area contributed by atoms with Gasteiger partial charge in [0.15, 0.2) is 11.5 Å². The van der Waals surface area contributed by atoms with E-state index >= 15 is 0 Å². The molecular formula is C12H15BrClNO3. The molecule has 0 fully saturated rings. The summed E-state index contributed by atoms with van der Waals surface area (Å²) in [5.41, 5.74) is 0.846. The zero-order valence-electron chi connectivity index (χ0n) is 10.4. The van der Waals surface area contributed by atoms with Crippen LogP contribution < -0.4 is 14.8 Å². The molecule has 1 rings (SSSR count). The van der Waals surface area contributed by atoms with E-state index in [2.05, 4.69) is 21.2 Å². The number of methoxy groups -OCH3 is 2. The van der Waals surface area contributed by atoms with E-state index in [0.29, 0.717) is 23.1 Å². The Labute approximate surface area is 120 Å². The van der Waals surface area contributed by atoms with E-state index < -0.39 is 0 Å². The molecule has 0 aliphatic rings. The SMILES string of the molecule is COc1cc(CNC(=O)C(C)Br)cc(Cl)c1OC. The van der Waals surface area contributed by atoms with E-state index in [0.717, 1.165) is 5.56 Å². The number of benzene rings is 1. The van der Waals surface area contributed by atoms with Gasteiger partial charge in [0.05, 0.1) is 24.1 Å². The maximum absolute atomic E-state index is 11.4. The first-order valence-electron chi connectivity index (χ1n) is 5.31. The molecule has 100 valence electrons. The van der Waals surface area contributed by atoms with Crippen LogP contribution in [-0.2, 0) is 11.3 Å². The lowest BCUT2D eigenvalue weighted by molar-refractivity contribution is -0.120. The summed E-state index contributed by atoms with van der Waals surface area (Å²) < 4.78 is 10.3. The van der Waals surface area contributed by atoms with Crippen LogP contribution in [0.4, 0.5) is 0 Å². The standard InChI is InChI=1S/C12H15BrClNO3/c1-7(13)12(16)15-6-8-4-9(14)11(18-3)10(5-8)17-2/h4-5,7H,6H2,1-3H3,(H,15,16). The first-order valence-corrected chi connectivity index (χ1v) is 6.61. The van der Waals surface area contributed by atoms with Crippen LogP contribution in [0.2, 0.25) is 5.02 Å². The number of hydrogen-bond acceptors (Lipinski definition) is 3. The lowest BCUT2D eigenvalue weighted by Crippen LogP contribution is -2.28. The highest BCUT2D eigenvalue weighted by Crippen LogP contribution is 2.35. The lowest BCUT2D eigenvalue weighted by Gasteiger charge is -2.12. The van der Waals surface area contributed by atoms with Crippen LogP contribution in [0.3, 0.4) is 0 Å². The predicted octanol–water partition coefficient (Wildman–Crippen LogP) is 2.76. The van der Waals surface area contributed by atoms with Gasteiger partial charge in [-0.15, -0.1) is 0 Å². The molecular weight excluding hydrogens is 321 g/mol. The first kappa shape index (κ1) is 15.1. The van der Waals surface area contributed by atoms with Crippen LogP contribution >= 0.6 is 27.5 Å². The van der Waals surface area contributed by atoms with Gasteiger partial charge in [-0.1, -0.05) is 27.5 Å². The molecule has 0 heterocycles. The monoisotopic (exact) mass is 335 g/mol. The number of ether oxygens (including phenoxy) is 2. The molecule has 18 heavy (non-hydrogen) atoms. The summed E-state index contributed by atoms with van der Waals surface area (Å²) in [6.45, 7) is 2.14. The minimum Gasteiger partial charge on any atom is -0.493 e. The lowest BCUT2D eigenvalue weighted by atomic mass is 10.2. The number of alkyl halides is 1. The van der Waals surface area contributed by atoms with Crippen molar-refractivity contribution >= 4 is 33.4 Å². The highest BCUT2D eigenvalue weighted by molar-refractivity contribution is 9.10. The summed E-state index contributed by atoms with van der Waals surface area (Å²) >= 11 is 9.26. The fraction of sp³-hybridized carbons (Fsp3) is 0.417. The molecule has 0 aliphatic carbocycles. The second kappa shape index (κ2) is 6.85. The van der Waals surface area contributed by atoms with E-state index in [1.54, 1.807) is 19.1 Å². The summed E-state index contributed by atoms with van der Waals surface area (Å²) in [5.74, 6) is 0.949. The number of halogens is 2. The molecule has 1 N–H and O–H groups in total. The molecule has 0 spiro atoms.